The lowest BCUT2D eigenvalue weighted by atomic mass is 10.1. The Hall–Kier alpha value is -1.35. The highest BCUT2D eigenvalue weighted by atomic mass is 16.1. The van der Waals surface area contributed by atoms with Crippen molar-refractivity contribution in [3.8, 4) is 0 Å². The van der Waals surface area contributed by atoms with Gasteiger partial charge >= 0.3 is 0 Å². The highest BCUT2D eigenvalue weighted by Gasteiger charge is 2.06. The van der Waals surface area contributed by atoms with Gasteiger partial charge in [0.05, 0.1) is 6.67 Å². The summed E-state index contributed by atoms with van der Waals surface area (Å²) < 4.78 is 0. The maximum absolute atomic E-state index is 11.4. The Morgan fingerprint density at radius 3 is 2.77 bits per heavy atom. The Labute approximate surface area is 77.9 Å². The summed E-state index contributed by atoms with van der Waals surface area (Å²) in [7, 11) is 0. The van der Waals surface area contributed by atoms with Crippen molar-refractivity contribution in [2.24, 2.45) is 5.73 Å². The topological polar surface area (TPSA) is 55.1 Å². The van der Waals surface area contributed by atoms with Gasteiger partial charge in [0.25, 0.3) is 0 Å². The molecule has 1 rings (SSSR count). The molecule has 0 radical (unpaired) electrons. The molecule has 1 aromatic carbocycles. The molecule has 0 aliphatic rings. The van der Waals surface area contributed by atoms with E-state index in [2.05, 4.69) is 5.32 Å². The van der Waals surface area contributed by atoms with Gasteiger partial charge in [0.2, 0.25) is 0 Å². The quantitative estimate of drug-likeness (QED) is 0.544. The molecule has 0 saturated carbocycles. The van der Waals surface area contributed by atoms with Gasteiger partial charge in [-0.3, -0.25) is 4.79 Å². The van der Waals surface area contributed by atoms with Crippen LogP contribution in [0.1, 0.15) is 23.7 Å². The molecule has 0 fully saturated rings. The van der Waals surface area contributed by atoms with Crippen molar-refractivity contribution in [2.45, 2.75) is 13.3 Å². The zero-order valence-electron chi connectivity index (χ0n) is 7.71. The van der Waals surface area contributed by atoms with Crippen molar-refractivity contribution in [1.82, 2.24) is 0 Å². The molecule has 0 spiro atoms. The van der Waals surface area contributed by atoms with Gasteiger partial charge in [0.1, 0.15) is 0 Å². The number of Topliss-reactive ketones (excluding diaryl/α,β-unsaturated/α-hetero) is 1. The Kier molecular flexibility index (Phi) is 3.46. The third-order valence-corrected chi connectivity index (χ3v) is 1.84. The summed E-state index contributed by atoms with van der Waals surface area (Å²) in [4.78, 5) is 11.4. The molecule has 13 heavy (non-hydrogen) atoms. The van der Waals surface area contributed by atoms with Gasteiger partial charge in [-0.25, -0.2) is 0 Å². The van der Waals surface area contributed by atoms with E-state index in [9.17, 15) is 4.79 Å². The number of rotatable bonds is 4. The van der Waals surface area contributed by atoms with Crippen LogP contribution in [0.25, 0.3) is 0 Å². The maximum atomic E-state index is 11.4. The fraction of sp³-hybridized carbons (Fsp3) is 0.300. The van der Waals surface area contributed by atoms with E-state index in [1.807, 2.05) is 31.2 Å². The highest BCUT2D eigenvalue weighted by Crippen LogP contribution is 2.15. The van der Waals surface area contributed by atoms with Crippen LogP contribution in [0.2, 0.25) is 0 Å². The van der Waals surface area contributed by atoms with E-state index in [1.165, 1.54) is 0 Å². The number of nitrogens with one attached hydrogen (secondary N) is 1. The number of carbonyl (C=O) groups is 1. The van der Waals surface area contributed by atoms with Gasteiger partial charge in [-0.1, -0.05) is 19.1 Å². The zero-order valence-corrected chi connectivity index (χ0v) is 7.71. The van der Waals surface area contributed by atoms with Crippen LogP contribution in [0.3, 0.4) is 0 Å². The first-order valence-corrected chi connectivity index (χ1v) is 4.35. The Morgan fingerprint density at radius 1 is 1.46 bits per heavy atom. The number of carbonyl (C=O) groups excluding carboxylic acids is 1. The minimum Gasteiger partial charge on any atom is -0.372 e. The predicted octanol–water partition coefficient (Wildman–Crippen LogP) is 1.61. The van der Waals surface area contributed by atoms with Crippen molar-refractivity contribution in [3.63, 3.8) is 0 Å². The fourth-order valence-corrected chi connectivity index (χ4v) is 1.18. The lowest BCUT2D eigenvalue weighted by Crippen LogP contribution is -2.13. The Balaban J connectivity index is 2.97. The van der Waals surface area contributed by atoms with Gasteiger partial charge in [-0.05, 0) is 12.1 Å². The van der Waals surface area contributed by atoms with Gasteiger partial charge in [0, 0.05) is 17.7 Å². The van der Waals surface area contributed by atoms with Crippen LogP contribution in [-0.4, -0.2) is 12.5 Å². The second-order valence-corrected chi connectivity index (χ2v) is 2.70. The number of ketones is 1. The van der Waals surface area contributed by atoms with Crippen LogP contribution in [-0.2, 0) is 0 Å². The van der Waals surface area contributed by atoms with Crippen LogP contribution < -0.4 is 11.1 Å². The highest BCUT2D eigenvalue weighted by molar-refractivity contribution is 6.00. The molecule has 0 heterocycles. The lowest BCUT2D eigenvalue weighted by molar-refractivity contribution is 0.0989. The molecule has 70 valence electrons. The van der Waals surface area contributed by atoms with Crippen molar-refractivity contribution in [2.75, 3.05) is 12.0 Å². The Bertz CT molecular complexity index is 297. The number of hydrogen-bond donors (Lipinski definition) is 2. The van der Waals surface area contributed by atoms with Gasteiger partial charge in [-0.2, -0.15) is 0 Å². The van der Waals surface area contributed by atoms with E-state index in [1.54, 1.807) is 0 Å². The van der Waals surface area contributed by atoms with Gasteiger partial charge in [-0.15, -0.1) is 0 Å². The van der Waals surface area contributed by atoms with E-state index in [0.29, 0.717) is 13.1 Å². The molecule has 0 aliphatic heterocycles. The van der Waals surface area contributed by atoms with Crippen LogP contribution in [0, 0.1) is 0 Å². The van der Waals surface area contributed by atoms with Crippen molar-refractivity contribution in [1.29, 1.82) is 0 Å². The zero-order chi connectivity index (χ0) is 9.68. The summed E-state index contributed by atoms with van der Waals surface area (Å²) in [5, 5.41) is 2.95. The third-order valence-electron chi connectivity index (χ3n) is 1.84. The number of benzene rings is 1. The number of hydrogen-bond acceptors (Lipinski definition) is 3. The van der Waals surface area contributed by atoms with Crippen molar-refractivity contribution >= 4 is 11.5 Å². The molecular weight excluding hydrogens is 164 g/mol. The second kappa shape index (κ2) is 4.62. The Morgan fingerprint density at radius 2 is 2.15 bits per heavy atom. The molecule has 0 atom stereocenters. The van der Waals surface area contributed by atoms with Gasteiger partial charge in [0.15, 0.2) is 5.78 Å². The van der Waals surface area contributed by atoms with Crippen LogP contribution in [0.4, 0.5) is 5.69 Å². The number of nitrogens with two attached hydrogens (primary N) is 1. The molecule has 0 unspecified atom stereocenters. The van der Waals surface area contributed by atoms with Crippen LogP contribution in [0.15, 0.2) is 24.3 Å². The summed E-state index contributed by atoms with van der Waals surface area (Å²) in [6.45, 7) is 2.19. The third kappa shape index (κ3) is 2.29. The van der Waals surface area contributed by atoms with E-state index in [-0.39, 0.29) is 5.78 Å². The molecule has 3 nitrogen and oxygen atoms in total. The average Bonchev–Trinajstić information content (AvgIpc) is 2.18. The van der Waals surface area contributed by atoms with Crippen LogP contribution >= 0.6 is 0 Å². The summed E-state index contributed by atoms with van der Waals surface area (Å²) >= 11 is 0. The van der Waals surface area contributed by atoms with Crippen molar-refractivity contribution < 1.29 is 4.79 Å². The molecule has 3 N–H and O–H groups in total. The molecule has 1 aromatic rings. The van der Waals surface area contributed by atoms with E-state index in [4.69, 9.17) is 5.73 Å². The van der Waals surface area contributed by atoms with Crippen LogP contribution in [0.5, 0.6) is 0 Å². The second-order valence-electron chi connectivity index (χ2n) is 2.70. The first-order valence-electron chi connectivity index (χ1n) is 4.35. The SMILES string of the molecule is CCC(=O)c1ccccc1NCN. The minimum atomic E-state index is 0.136. The molecule has 0 aromatic heterocycles. The predicted molar refractivity (Wildman–Crippen MR) is 53.7 cm³/mol. The molecule has 3 heteroatoms. The summed E-state index contributed by atoms with van der Waals surface area (Å²) in [6, 6.07) is 7.40. The monoisotopic (exact) mass is 178 g/mol. The summed E-state index contributed by atoms with van der Waals surface area (Å²) in [6.07, 6.45) is 0.517. The average molecular weight is 178 g/mol. The standard InChI is InChI=1S/C10H14N2O/c1-2-10(13)8-5-3-4-6-9(8)12-7-11/h3-6,12H,2,7,11H2,1H3. The summed E-state index contributed by atoms with van der Waals surface area (Å²) in [5.41, 5.74) is 6.88. The number of para-hydroxylation sites is 1. The first kappa shape index (κ1) is 9.74. The van der Waals surface area contributed by atoms with Gasteiger partial charge < -0.3 is 11.1 Å². The largest absolute Gasteiger partial charge is 0.372 e. The van der Waals surface area contributed by atoms with E-state index >= 15 is 0 Å². The fourth-order valence-electron chi connectivity index (χ4n) is 1.18. The maximum Gasteiger partial charge on any atom is 0.164 e. The summed E-state index contributed by atoms with van der Waals surface area (Å²) in [5.74, 6) is 0.136. The molecule has 0 amide bonds. The smallest absolute Gasteiger partial charge is 0.164 e. The van der Waals surface area contributed by atoms with E-state index in [0.717, 1.165) is 11.3 Å². The van der Waals surface area contributed by atoms with Crippen molar-refractivity contribution in [3.05, 3.63) is 29.8 Å². The molecular formula is C10H14N2O. The molecule has 0 saturated heterocycles. The molecule has 0 aliphatic carbocycles. The lowest BCUT2D eigenvalue weighted by Gasteiger charge is -2.07. The van der Waals surface area contributed by atoms with E-state index < -0.39 is 0 Å². The number of anilines is 1. The first-order chi connectivity index (χ1) is 6.29. The minimum absolute atomic E-state index is 0.136. The molecule has 0 bridgehead atoms. The normalized spacial score (nSPS) is 9.69.